The van der Waals surface area contributed by atoms with E-state index in [1.165, 1.54) is 0 Å². The van der Waals surface area contributed by atoms with Crippen LogP contribution in [0.25, 0.3) is 22.1 Å². The number of aromatic hydroxyl groups is 1. The topological polar surface area (TPSA) is 50.4 Å². The minimum atomic E-state index is -0.275. The van der Waals surface area contributed by atoms with Gasteiger partial charge in [-0.15, -0.1) is 0 Å². The first-order chi connectivity index (χ1) is 15.0. The number of benzene rings is 3. The zero-order valence-corrected chi connectivity index (χ0v) is 19.6. The van der Waals surface area contributed by atoms with Gasteiger partial charge in [0, 0.05) is 27.6 Å². The fraction of sp³-hybridized carbons (Fsp3) is 0.276. The van der Waals surface area contributed by atoms with Gasteiger partial charge in [-0.1, -0.05) is 90.1 Å². The molecule has 0 unspecified atom stereocenters. The Balaban J connectivity index is 2.07. The van der Waals surface area contributed by atoms with E-state index in [1.807, 2.05) is 54.6 Å². The number of hydrogen-bond acceptors (Lipinski definition) is 3. The second-order valence-electron chi connectivity index (χ2n) is 10.4. The summed E-state index contributed by atoms with van der Waals surface area (Å²) in [7, 11) is 0. The standard InChI is InChI=1S/C29H30O3/c1-28(2,3)21-16-19(17-22(26(21)31)29(4,5)6)24-20-14-10-11-15-23(20)32-27(24)25(30)18-12-8-7-9-13-18/h7-17,31H,1-6H3. The lowest BCUT2D eigenvalue weighted by molar-refractivity contribution is 0.101. The smallest absolute Gasteiger partial charge is 0.228 e. The Hall–Kier alpha value is -3.33. The van der Waals surface area contributed by atoms with Crippen molar-refractivity contribution in [2.75, 3.05) is 0 Å². The molecule has 0 aliphatic rings. The molecule has 1 heterocycles. The number of carbonyl (C=O) groups excluding carboxylic acids is 1. The number of carbonyl (C=O) groups is 1. The predicted molar refractivity (Wildman–Crippen MR) is 131 cm³/mol. The highest BCUT2D eigenvalue weighted by molar-refractivity contribution is 6.15. The molecule has 3 nitrogen and oxygen atoms in total. The van der Waals surface area contributed by atoms with Crippen LogP contribution in [-0.2, 0) is 10.8 Å². The molecule has 0 fully saturated rings. The third-order valence-corrected chi connectivity index (χ3v) is 5.85. The molecule has 0 saturated carbocycles. The van der Waals surface area contributed by atoms with Gasteiger partial charge in [-0.05, 0) is 34.6 Å². The van der Waals surface area contributed by atoms with Gasteiger partial charge in [0.2, 0.25) is 5.78 Å². The number of para-hydroxylation sites is 1. The Morgan fingerprint density at radius 3 is 1.88 bits per heavy atom. The summed E-state index contributed by atoms with van der Waals surface area (Å²) in [5, 5.41) is 12.0. The Morgan fingerprint density at radius 2 is 1.31 bits per heavy atom. The van der Waals surface area contributed by atoms with Gasteiger partial charge in [0.1, 0.15) is 11.3 Å². The maximum Gasteiger partial charge on any atom is 0.228 e. The van der Waals surface area contributed by atoms with Crippen LogP contribution in [0.2, 0.25) is 0 Å². The van der Waals surface area contributed by atoms with Gasteiger partial charge in [-0.2, -0.15) is 0 Å². The Bertz CT molecular complexity index is 1260. The van der Waals surface area contributed by atoms with Crippen molar-refractivity contribution in [3.8, 4) is 16.9 Å². The summed E-state index contributed by atoms with van der Waals surface area (Å²) in [5.41, 5.74) is 4.05. The molecule has 0 atom stereocenters. The highest BCUT2D eigenvalue weighted by Crippen LogP contribution is 2.44. The summed E-state index contributed by atoms with van der Waals surface area (Å²) < 4.78 is 6.14. The fourth-order valence-electron chi connectivity index (χ4n) is 4.13. The number of phenolic OH excluding ortho intramolecular Hbond substituents is 1. The lowest BCUT2D eigenvalue weighted by atomic mass is 9.77. The monoisotopic (exact) mass is 426 g/mol. The summed E-state index contributed by atoms with van der Waals surface area (Å²) >= 11 is 0. The Morgan fingerprint density at radius 1 is 0.781 bits per heavy atom. The zero-order chi connectivity index (χ0) is 23.3. The number of phenols is 1. The van der Waals surface area contributed by atoms with Gasteiger partial charge in [0.15, 0.2) is 5.76 Å². The summed E-state index contributed by atoms with van der Waals surface area (Å²) in [6, 6.07) is 20.9. The average molecular weight is 427 g/mol. The van der Waals surface area contributed by atoms with Crippen LogP contribution in [0.15, 0.2) is 71.1 Å². The number of hydrogen-bond donors (Lipinski definition) is 1. The minimum Gasteiger partial charge on any atom is -0.507 e. The summed E-state index contributed by atoms with van der Waals surface area (Å²) in [4.78, 5) is 13.5. The van der Waals surface area contributed by atoms with Crippen LogP contribution in [-0.4, -0.2) is 10.9 Å². The lowest BCUT2D eigenvalue weighted by Gasteiger charge is -2.28. The Kier molecular flexibility index (Phi) is 5.24. The SMILES string of the molecule is CC(C)(C)c1cc(-c2c(C(=O)c3ccccc3)oc3ccccc23)cc(C(C)(C)C)c1O. The predicted octanol–water partition coefficient (Wildman–Crippen LogP) is 7.63. The van der Waals surface area contributed by atoms with Crippen molar-refractivity contribution in [3.63, 3.8) is 0 Å². The van der Waals surface area contributed by atoms with Crippen molar-refractivity contribution < 1.29 is 14.3 Å². The summed E-state index contributed by atoms with van der Waals surface area (Å²) in [6.07, 6.45) is 0. The highest BCUT2D eigenvalue weighted by atomic mass is 16.3. The first-order valence-electron chi connectivity index (χ1n) is 11.0. The van der Waals surface area contributed by atoms with Crippen LogP contribution in [0, 0.1) is 0 Å². The largest absolute Gasteiger partial charge is 0.507 e. The van der Waals surface area contributed by atoms with Gasteiger partial charge in [0.05, 0.1) is 0 Å². The fourth-order valence-corrected chi connectivity index (χ4v) is 4.13. The number of fused-ring (bicyclic) bond motifs is 1. The molecule has 3 heteroatoms. The van der Waals surface area contributed by atoms with E-state index >= 15 is 0 Å². The lowest BCUT2D eigenvalue weighted by Crippen LogP contribution is -2.17. The third-order valence-electron chi connectivity index (χ3n) is 5.85. The second-order valence-corrected chi connectivity index (χ2v) is 10.4. The first-order valence-corrected chi connectivity index (χ1v) is 11.0. The molecule has 0 aliphatic carbocycles. The van der Waals surface area contributed by atoms with E-state index in [9.17, 15) is 9.90 Å². The summed E-state index contributed by atoms with van der Waals surface area (Å²) in [5.74, 6) is 0.486. The van der Waals surface area contributed by atoms with Gasteiger partial charge in [0.25, 0.3) is 0 Å². The first kappa shape index (κ1) is 21.9. The van der Waals surface area contributed by atoms with Gasteiger partial charge in [-0.3, -0.25) is 4.79 Å². The molecule has 0 saturated heterocycles. The van der Waals surface area contributed by atoms with E-state index in [1.54, 1.807) is 12.1 Å². The van der Waals surface area contributed by atoms with Crippen molar-refractivity contribution >= 4 is 16.8 Å². The Labute approximate surface area is 189 Å². The zero-order valence-electron chi connectivity index (χ0n) is 19.6. The van der Waals surface area contributed by atoms with Gasteiger partial charge < -0.3 is 9.52 Å². The maximum atomic E-state index is 13.5. The average Bonchev–Trinajstić information content (AvgIpc) is 3.12. The van der Waals surface area contributed by atoms with Crippen LogP contribution in [0.4, 0.5) is 0 Å². The molecule has 0 aliphatic heterocycles. The molecule has 3 aromatic carbocycles. The number of rotatable bonds is 3. The van der Waals surface area contributed by atoms with Crippen LogP contribution in [0.3, 0.4) is 0 Å². The normalized spacial score (nSPS) is 12.3. The van der Waals surface area contributed by atoms with Gasteiger partial charge in [-0.25, -0.2) is 0 Å². The van der Waals surface area contributed by atoms with Crippen molar-refractivity contribution in [1.82, 2.24) is 0 Å². The molecule has 164 valence electrons. The molecule has 0 spiro atoms. The van der Waals surface area contributed by atoms with E-state index < -0.39 is 0 Å². The minimum absolute atomic E-state index is 0.153. The molecule has 4 aromatic rings. The van der Waals surface area contributed by atoms with E-state index in [-0.39, 0.29) is 16.6 Å². The van der Waals surface area contributed by atoms with Gasteiger partial charge >= 0.3 is 0 Å². The van der Waals surface area contributed by atoms with Crippen molar-refractivity contribution in [1.29, 1.82) is 0 Å². The van der Waals surface area contributed by atoms with Crippen molar-refractivity contribution in [2.45, 2.75) is 52.4 Å². The second kappa shape index (κ2) is 7.67. The number of furan rings is 1. The van der Waals surface area contributed by atoms with E-state index in [0.29, 0.717) is 22.7 Å². The maximum absolute atomic E-state index is 13.5. The molecule has 0 bridgehead atoms. The molecule has 0 radical (unpaired) electrons. The molecule has 0 amide bonds. The van der Waals surface area contributed by atoms with Crippen molar-refractivity contribution in [2.24, 2.45) is 0 Å². The van der Waals surface area contributed by atoms with Crippen LogP contribution < -0.4 is 0 Å². The van der Waals surface area contributed by atoms with E-state index in [4.69, 9.17) is 4.42 Å². The van der Waals surface area contributed by atoms with Crippen LogP contribution in [0.1, 0.15) is 68.8 Å². The number of ketones is 1. The highest BCUT2D eigenvalue weighted by Gasteiger charge is 2.30. The molecular formula is C29H30O3. The van der Waals surface area contributed by atoms with E-state index in [2.05, 4.69) is 41.5 Å². The third kappa shape index (κ3) is 3.84. The molecule has 4 rings (SSSR count). The molecule has 1 aromatic heterocycles. The van der Waals surface area contributed by atoms with E-state index in [0.717, 1.165) is 27.6 Å². The quantitative estimate of drug-likeness (QED) is 0.343. The molecular weight excluding hydrogens is 396 g/mol. The van der Waals surface area contributed by atoms with Crippen molar-refractivity contribution in [3.05, 3.63) is 89.2 Å². The summed E-state index contributed by atoms with van der Waals surface area (Å²) in [6.45, 7) is 12.5. The van der Waals surface area contributed by atoms with Crippen LogP contribution >= 0.6 is 0 Å². The van der Waals surface area contributed by atoms with Crippen LogP contribution in [0.5, 0.6) is 5.75 Å². The molecule has 1 N–H and O–H groups in total. The molecule has 32 heavy (non-hydrogen) atoms.